The summed E-state index contributed by atoms with van der Waals surface area (Å²) in [5.41, 5.74) is 6.67. The van der Waals surface area contributed by atoms with Gasteiger partial charge in [0.1, 0.15) is 5.75 Å². The van der Waals surface area contributed by atoms with Crippen LogP contribution >= 0.6 is 11.6 Å². The largest absolute Gasteiger partial charge is 0.493 e. The number of nitrogens with two attached hydrogens (primary N) is 1. The maximum absolute atomic E-state index is 12.2. The number of rotatable bonds is 8. The van der Waals surface area contributed by atoms with Crippen LogP contribution in [0.25, 0.3) is 0 Å². The van der Waals surface area contributed by atoms with Gasteiger partial charge in [0.15, 0.2) is 0 Å². The molecule has 4 N–H and O–H groups in total. The van der Waals surface area contributed by atoms with Gasteiger partial charge < -0.3 is 15.8 Å². The highest BCUT2D eigenvalue weighted by molar-refractivity contribution is 6.30. The van der Waals surface area contributed by atoms with Crippen LogP contribution in [-0.4, -0.2) is 41.0 Å². The number of H-pyrrole nitrogens is 1. The second kappa shape index (κ2) is 8.35. The molecule has 0 spiro atoms. The third-order valence-corrected chi connectivity index (χ3v) is 3.16. The number of aromatic nitrogens is 3. The Morgan fingerprint density at radius 2 is 2.32 bits per heavy atom. The first-order chi connectivity index (χ1) is 10.7. The first-order valence-corrected chi connectivity index (χ1v) is 7.33. The van der Waals surface area contributed by atoms with Crippen LogP contribution in [0.5, 0.6) is 5.75 Å². The molecule has 1 aromatic heterocycles. The van der Waals surface area contributed by atoms with E-state index in [-0.39, 0.29) is 5.91 Å². The molecule has 7 nitrogen and oxygen atoms in total. The average molecular weight is 324 g/mol. The van der Waals surface area contributed by atoms with Crippen molar-refractivity contribution in [2.75, 3.05) is 19.7 Å². The van der Waals surface area contributed by atoms with E-state index in [1.807, 2.05) is 0 Å². The number of aromatic amines is 1. The highest BCUT2D eigenvalue weighted by Gasteiger charge is 2.13. The molecule has 1 aromatic carbocycles. The van der Waals surface area contributed by atoms with Gasteiger partial charge in [-0.1, -0.05) is 11.6 Å². The van der Waals surface area contributed by atoms with Crippen LogP contribution in [0.3, 0.4) is 0 Å². The summed E-state index contributed by atoms with van der Waals surface area (Å²) in [6, 6.07) is 4.93. The highest BCUT2D eigenvalue weighted by atomic mass is 35.5. The normalized spacial score (nSPS) is 10.5. The predicted octanol–water partition coefficient (Wildman–Crippen LogP) is 1.16. The zero-order chi connectivity index (χ0) is 15.8. The molecule has 0 aliphatic heterocycles. The molecule has 0 saturated carbocycles. The fourth-order valence-corrected chi connectivity index (χ4v) is 1.98. The molecule has 0 unspecified atom stereocenters. The molecule has 1 heterocycles. The number of carbonyl (C=O) groups is 1. The zero-order valence-corrected chi connectivity index (χ0v) is 12.8. The number of nitrogens with zero attached hydrogens (tertiary/aromatic N) is 2. The Morgan fingerprint density at radius 1 is 1.45 bits per heavy atom. The molecule has 0 radical (unpaired) electrons. The molecule has 0 aliphatic carbocycles. The van der Waals surface area contributed by atoms with E-state index < -0.39 is 0 Å². The van der Waals surface area contributed by atoms with Crippen molar-refractivity contribution in [3.8, 4) is 5.75 Å². The van der Waals surface area contributed by atoms with Gasteiger partial charge >= 0.3 is 0 Å². The van der Waals surface area contributed by atoms with Crippen LogP contribution in [0, 0.1) is 0 Å². The van der Waals surface area contributed by atoms with Gasteiger partial charge in [0.2, 0.25) is 0 Å². The Kier molecular flexibility index (Phi) is 6.17. The minimum Gasteiger partial charge on any atom is -0.493 e. The van der Waals surface area contributed by atoms with Gasteiger partial charge in [0.25, 0.3) is 5.91 Å². The van der Waals surface area contributed by atoms with E-state index in [9.17, 15) is 4.79 Å². The molecular weight excluding hydrogens is 306 g/mol. The Balaban J connectivity index is 1.95. The number of halogens is 1. The molecule has 1 amide bonds. The molecule has 0 aliphatic rings. The summed E-state index contributed by atoms with van der Waals surface area (Å²) in [6.45, 7) is 1.42. The molecule has 8 heteroatoms. The van der Waals surface area contributed by atoms with E-state index in [2.05, 4.69) is 20.7 Å². The first kappa shape index (κ1) is 16.3. The maximum atomic E-state index is 12.2. The number of ether oxygens (including phenoxy) is 1. The van der Waals surface area contributed by atoms with Crippen molar-refractivity contribution < 1.29 is 9.53 Å². The van der Waals surface area contributed by atoms with Crippen molar-refractivity contribution in [3.63, 3.8) is 0 Å². The summed E-state index contributed by atoms with van der Waals surface area (Å²) in [4.78, 5) is 12.2. The third-order valence-electron chi connectivity index (χ3n) is 2.93. The van der Waals surface area contributed by atoms with E-state index in [4.69, 9.17) is 22.1 Å². The number of nitrogens with one attached hydrogen (secondary N) is 2. The van der Waals surface area contributed by atoms with E-state index in [1.165, 1.54) is 0 Å². The smallest absolute Gasteiger partial charge is 0.255 e. The van der Waals surface area contributed by atoms with Gasteiger partial charge in [-0.15, -0.1) is 0 Å². The Morgan fingerprint density at radius 3 is 3.05 bits per heavy atom. The van der Waals surface area contributed by atoms with Crippen LogP contribution in [0.1, 0.15) is 22.5 Å². The van der Waals surface area contributed by atoms with E-state index in [1.54, 1.807) is 24.4 Å². The third kappa shape index (κ3) is 4.71. The van der Waals surface area contributed by atoms with Crippen LogP contribution in [0.15, 0.2) is 24.4 Å². The molecule has 2 aromatic rings. The zero-order valence-electron chi connectivity index (χ0n) is 12.0. The number of hydrogen-bond donors (Lipinski definition) is 3. The summed E-state index contributed by atoms with van der Waals surface area (Å²) in [5, 5.41) is 13.5. The molecule has 118 valence electrons. The predicted molar refractivity (Wildman–Crippen MR) is 83.0 cm³/mol. The summed E-state index contributed by atoms with van der Waals surface area (Å²) in [7, 11) is 0. The maximum Gasteiger partial charge on any atom is 0.255 e. The van der Waals surface area contributed by atoms with Crippen molar-refractivity contribution in [3.05, 3.63) is 40.7 Å². The second-order valence-corrected chi connectivity index (χ2v) is 5.03. The van der Waals surface area contributed by atoms with Crippen molar-refractivity contribution in [1.82, 2.24) is 20.7 Å². The van der Waals surface area contributed by atoms with Gasteiger partial charge in [0, 0.05) is 18.0 Å². The highest BCUT2D eigenvalue weighted by Crippen LogP contribution is 2.23. The van der Waals surface area contributed by atoms with Gasteiger partial charge in [-0.3, -0.25) is 4.79 Å². The molecule has 0 bridgehead atoms. The van der Waals surface area contributed by atoms with Crippen LogP contribution in [0.4, 0.5) is 0 Å². The first-order valence-electron chi connectivity index (χ1n) is 6.96. The quantitative estimate of drug-likeness (QED) is 0.632. The van der Waals surface area contributed by atoms with E-state index in [0.29, 0.717) is 48.9 Å². The molecule has 0 saturated heterocycles. The van der Waals surface area contributed by atoms with Crippen LogP contribution in [0.2, 0.25) is 5.02 Å². The Bertz CT molecular complexity index is 603. The number of amides is 1. The molecule has 2 rings (SSSR count). The second-order valence-electron chi connectivity index (χ2n) is 4.60. The van der Waals surface area contributed by atoms with Crippen molar-refractivity contribution in [2.24, 2.45) is 5.73 Å². The SMILES string of the molecule is NCCCOc1cc(Cl)ccc1C(=O)NCCc1cn[nH]n1. The molecule has 22 heavy (non-hydrogen) atoms. The molecule has 0 atom stereocenters. The fourth-order valence-electron chi connectivity index (χ4n) is 1.81. The number of benzene rings is 1. The summed E-state index contributed by atoms with van der Waals surface area (Å²) >= 11 is 5.95. The lowest BCUT2D eigenvalue weighted by Crippen LogP contribution is -2.26. The van der Waals surface area contributed by atoms with Crippen molar-refractivity contribution in [2.45, 2.75) is 12.8 Å². The summed E-state index contributed by atoms with van der Waals surface area (Å²) in [6.07, 6.45) is 2.93. The Hall–Kier alpha value is -2.12. The fraction of sp³-hybridized carbons (Fsp3) is 0.357. The number of carbonyl (C=O) groups excluding carboxylic acids is 1. The van der Waals surface area contributed by atoms with Crippen molar-refractivity contribution in [1.29, 1.82) is 0 Å². The molecule has 0 fully saturated rings. The average Bonchev–Trinajstić information content (AvgIpc) is 3.01. The monoisotopic (exact) mass is 323 g/mol. The van der Waals surface area contributed by atoms with Gasteiger partial charge in [-0.05, 0) is 31.2 Å². The Labute approximate surface area is 133 Å². The van der Waals surface area contributed by atoms with Gasteiger partial charge in [0.05, 0.1) is 24.1 Å². The van der Waals surface area contributed by atoms with Crippen LogP contribution in [-0.2, 0) is 6.42 Å². The lowest BCUT2D eigenvalue weighted by molar-refractivity contribution is 0.0950. The lowest BCUT2D eigenvalue weighted by Gasteiger charge is -2.11. The van der Waals surface area contributed by atoms with E-state index in [0.717, 1.165) is 5.69 Å². The summed E-state index contributed by atoms with van der Waals surface area (Å²) in [5.74, 6) is 0.239. The minimum absolute atomic E-state index is 0.220. The van der Waals surface area contributed by atoms with Gasteiger partial charge in [-0.2, -0.15) is 15.4 Å². The lowest BCUT2D eigenvalue weighted by atomic mass is 10.2. The van der Waals surface area contributed by atoms with Crippen molar-refractivity contribution >= 4 is 17.5 Å². The summed E-state index contributed by atoms with van der Waals surface area (Å²) < 4.78 is 5.58. The minimum atomic E-state index is -0.220. The number of hydrogen-bond acceptors (Lipinski definition) is 5. The topological polar surface area (TPSA) is 106 Å². The standard InChI is InChI=1S/C14H18ClN5O2/c15-10-2-3-12(13(8-10)22-7-1-5-16)14(21)17-6-4-11-9-18-20-19-11/h2-3,8-9H,1,4-7,16H2,(H,17,21)(H,18,19,20). The van der Waals surface area contributed by atoms with Crippen LogP contribution < -0.4 is 15.8 Å². The van der Waals surface area contributed by atoms with E-state index >= 15 is 0 Å². The molecular formula is C14H18ClN5O2. The van der Waals surface area contributed by atoms with Gasteiger partial charge in [-0.25, -0.2) is 0 Å².